The highest BCUT2D eigenvalue weighted by molar-refractivity contribution is 7.11. The lowest BCUT2D eigenvalue weighted by Crippen LogP contribution is -1.84. The third-order valence-electron chi connectivity index (χ3n) is 3.56. The number of nitrogens with zero attached hydrogens (tertiary/aromatic N) is 2. The minimum atomic E-state index is 0.515. The van der Waals surface area contributed by atoms with Crippen molar-refractivity contribution in [3.63, 3.8) is 0 Å². The molecule has 3 nitrogen and oxygen atoms in total. The van der Waals surface area contributed by atoms with Crippen molar-refractivity contribution in [2.24, 2.45) is 0 Å². The van der Waals surface area contributed by atoms with Gasteiger partial charge in [-0.3, -0.25) is 0 Å². The summed E-state index contributed by atoms with van der Waals surface area (Å²) in [5.74, 6) is 1.49. The van der Waals surface area contributed by atoms with E-state index < -0.39 is 0 Å². The lowest BCUT2D eigenvalue weighted by Gasteiger charge is -1.99. The van der Waals surface area contributed by atoms with Crippen LogP contribution in [-0.2, 0) is 6.42 Å². The Kier molecular flexibility index (Phi) is 4.40. The normalized spacial score (nSPS) is 11.4. The van der Waals surface area contributed by atoms with Gasteiger partial charge in [0, 0.05) is 17.0 Å². The Balaban J connectivity index is 1.90. The molecule has 23 heavy (non-hydrogen) atoms. The van der Waals surface area contributed by atoms with Crippen LogP contribution in [0, 0.1) is 18.3 Å². The van der Waals surface area contributed by atoms with E-state index >= 15 is 0 Å². The lowest BCUT2D eigenvalue weighted by molar-refractivity contribution is 0.525. The molecule has 3 rings (SSSR count). The molecular weight excluding hydrogens is 304 g/mol. The number of aromatic nitrogens is 1. The fourth-order valence-electron chi connectivity index (χ4n) is 2.26. The average Bonchev–Trinajstić information content (AvgIpc) is 3.22. The largest absolute Gasteiger partial charge is 0.462 e. The fraction of sp³-hybridized carbons (Fsp3) is 0.158. The number of benzene rings is 1. The number of allylic oxidation sites excluding steroid dienone is 1. The number of rotatable bonds is 4. The first-order valence-electron chi connectivity index (χ1n) is 7.43. The number of thiazole rings is 1. The quantitative estimate of drug-likeness (QED) is 0.610. The van der Waals surface area contributed by atoms with E-state index in [1.807, 2.05) is 24.4 Å². The molecule has 0 amide bonds. The molecule has 0 radical (unpaired) electrons. The second-order valence-corrected chi connectivity index (χ2v) is 6.06. The molecule has 0 aliphatic heterocycles. The zero-order valence-electron chi connectivity index (χ0n) is 13.0. The summed E-state index contributed by atoms with van der Waals surface area (Å²) >= 11 is 1.47. The highest BCUT2D eigenvalue weighted by Gasteiger charge is 2.10. The van der Waals surface area contributed by atoms with Gasteiger partial charge in [-0.05, 0) is 31.0 Å². The number of hydrogen-bond acceptors (Lipinski definition) is 4. The number of furan rings is 1. The van der Waals surface area contributed by atoms with Gasteiger partial charge in [0.1, 0.15) is 22.6 Å². The first-order chi connectivity index (χ1) is 11.2. The molecule has 0 atom stereocenters. The Labute approximate surface area is 139 Å². The van der Waals surface area contributed by atoms with E-state index in [0.29, 0.717) is 16.3 Å². The van der Waals surface area contributed by atoms with Gasteiger partial charge in [0.15, 0.2) is 0 Å². The average molecular weight is 320 g/mol. The van der Waals surface area contributed by atoms with Crippen molar-refractivity contribution < 1.29 is 4.42 Å². The smallest absolute Gasteiger partial charge is 0.134 e. The standard InChI is InChI=1S/C19H16N2OS/c1-3-14-5-7-15(8-6-14)18-12-23-19(21-18)16(11-20)10-17-9-4-13(2)22-17/h4-10,12H,3H2,1-2H3. The number of aryl methyl sites for hydroxylation is 2. The fourth-order valence-corrected chi connectivity index (χ4v) is 3.05. The van der Waals surface area contributed by atoms with Crippen LogP contribution in [-0.4, -0.2) is 4.98 Å². The molecule has 0 saturated carbocycles. The summed E-state index contributed by atoms with van der Waals surface area (Å²) in [4.78, 5) is 4.60. The minimum Gasteiger partial charge on any atom is -0.462 e. The van der Waals surface area contributed by atoms with Gasteiger partial charge in [0.05, 0.1) is 11.3 Å². The van der Waals surface area contributed by atoms with Crippen LogP contribution in [0.15, 0.2) is 46.2 Å². The second kappa shape index (κ2) is 6.64. The van der Waals surface area contributed by atoms with Crippen molar-refractivity contribution in [2.45, 2.75) is 20.3 Å². The van der Waals surface area contributed by atoms with Crippen LogP contribution in [0.1, 0.15) is 29.0 Å². The van der Waals surface area contributed by atoms with E-state index in [0.717, 1.165) is 23.4 Å². The molecule has 1 aromatic carbocycles. The molecule has 0 fully saturated rings. The summed E-state index contributed by atoms with van der Waals surface area (Å²) in [6, 6.07) is 14.3. The lowest BCUT2D eigenvalue weighted by atomic mass is 10.1. The topological polar surface area (TPSA) is 49.8 Å². The van der Waals surface area contributed by atoms with Gasteiger partial charge >= 0.3 is 0 Å². The van der Waals surface area contributed by atoms with E-state index in [4.69, 9.17) is 4.42 Å². The maximum absolute atomic E-state index is 9.40. The predicted octanol–water partition coefficient (Wildman–Crippen LogP) is 5.34. The molecule has 0 N–H and O–H groups in total. The van der Waals surface area contributed by atoms with Crippen LogP contribution in [0.2, 0.25) is 0 Å². The van der Waals surface area contributed by atoms with E-state index in [9.17, 15) is 5.26 Å². The highest BCUT2D eigenvalue weighted by atomic mass is 32.1. The molecular formula is C19H16N2OS. The van der Waals surface area contributed by atoms with Crippen molar-refractivity contribution >= 4 is 23.0 Å². The summed E-state index contributed by atoms with van der Waals surface area (Å²) in [5, 5.41) is 12.1. The first kappa shape index (κ1) is 15.3. The van der Waals surface area contributed by atoms with Crippen molar-refractivity contribution in [3.05, 3.63) is 63.9 Å². The van der Waals surface area contributed by atoms with Crippen molar-refractivity contribution in [3.8, 4) is 17.3 Å². The monoisotopic (exact) mass is 320 g/mol. The van der Waals surface area contributed by atoms with Crippen molar-refractivity contribution in [1.82, 2.24) is 4.98 Å². The molecule has 114 valence electrons. The van der Waals surface area contributed by atoms with Crippen LogP contribution >= 0.6 is 11.3 Å². The highest BCUT2D eigenvalue weighted by Crippen LogP contribution is 2.27. The van der Waals surface area contributed by atoms with E-state index in [1.54, 1.807) is 6.08 Å². The zero-order valence-corrected chi connectivity index (χ0v) is 13.9. The van der Waals surface area contributed by atoms with E-state index in [2.05, 4.69) is 42.2 Å². The molecule has 0 bridgehead atoms. The van der Waals surface area contributed by atoms with Gasteiger partial charge in [-0.1, -0.05) is 31.2 Å². The molecule has 2 heterocycles. The second-order valence-electron chi connectivity index (χ2n) is 5.21. The van der Waals surface area contributed by atoms with Gasteiger partial charge in [-0.15, -0.1) is 11.3 Å². The van der Waals surface area contributed by atoms with Gasteiger partial charge in [-0.25, -0.2) is 4.98 Å². The summed E-state index contributed by atoms with van der Waals surface area (Å²) in [6.07, 6.45) is 2.75. The summed E-state index contributed by atoms with van der Waals surface area (Å²) < 4.78 is 5.50. The minimum absolute atomic E-state index is 0.515. The summed E-state index contributed by atoms with van der Waals surface area (Å²) in [5.41, 5.74) is 3.77. The third-order valence-corrected chi connectivity index (χ3v) is 4.44. The zero-order chi connectivity index (χ0) is 16.2. The molecule has 0 aliphatic carbocycles. The molecule has 0 unspecified atom stereocenters. The Morgan fingerprint density at radius 2 is 2.04 bits per heavy atom. The van der Waals surface area contributed by atoms with Gasteiger partial charge in [0.2, 0.25) is 0 Å². The number of nitriles is 1. The SMILES string of the molecule is CCc1ccc(-c2csc(C(C#N)=Cc3ccc(C)o3)n2)cc1. The first-order valence-corrected chi connectivity index (χ1v) is 8.31. The Morgan fingerprint density at radius 1 is 1.26 bits per heavy atom. The summed E-state index contributed by atoms with van der Waals surface area (Å²) in [6.45, 7) is 4.02. The Hall–Kier alpha value is -2.64. The molecule has 0 saturated heterocycles. The van der Waals surface area contributed by atoms with Crippen LogP contribution in [0.4, 0.5) is 0 Å². The van der Waals surface area contributed by atoms with Crippen molar-refractivity contribution in [1.29, 1.82) is 5.26 Å². The van der Waals surface area contributed by atoms with Crippen LogP contribution in [0.5, 0.6) is 0 Å². The van der Waals surface area contributed by atoms with Crippen molar-refractivity contribution in [2.75, 3.05) is 0 Å². The van der Waals surface area contributed by atoms with Crippen LogP contribution in [0.3, 0.4) is 0 Å². The molecule has 0 aliphatic rings. The maximum atomic E-state index is 9.40. The number of hydrogen-bond donors (Lipinski definition) is 0. The molecule has 3 aromatic rings. The Morgan fingerprint density at radius 3 is 2.65 bits per heavy atom. The van der Waals surface area contributed by atoms with Gasteiger partial charge in [0.25, 0.3) is 0 Å². The van der Waals surface area contributed by atoms with E-state index in [-0.39, 0.29) is 0 Å². The van der Waals surface area contributed by atoms with Gasteiger partial charge < -0.3 is 4.42 Å². The molecule has 0 spiro atoms. The molecule has 4 heteroatoms. The van der Waals surface area contributed by atoms with E-state index in [1.165, 1.54) is 16.9 Å². The predicted molar refractivity (Wildman–Crippen MR) is 93.9 cm³/mol. The van der Waals surface area contributed by atoms with Crippen LogP contribution < -0.4 is 0 Å². The Bertz CT molecular complexity index is 879. The summed E-state index contributed by atoms with van der Waals surface area (Å²) in [7, 11) is 0. The van der Waals surface area contributed by atoms with Gasteiger partial charge in [-0.2, -0.15) is 5.26 Å². The molecule has 2 aromatic heterocycles. The third kappa shape index (κ3) is 3.41. The van der Waals surface area contributed by atoms with Crippen LogP contribution in [0.25, 0.3) is 22.9 Å². The maximum Gasteiger partial charge on any atom is 0.134 e.